The summed E-state index contributed by atoms with van der Waals surface area (Å²) in [7, 11) is 0. The molecular weight excluding hydrogens is 356 g/mol. The third-order valence-electron chi connectivity index (χ3n) is 3.13. The van der Waals surface area contributed by atoms with Gasteiger partial charge in [-0.2, -0.15) is 0 Å². The Morgan fingerprint density at radius 2 is 1.71 bits per heavy atom. The number of hydrogen-bond acceptors (Lipinski definition) is 5. The first kappa shape index (κ1) is 16.4. The number of benzene rings is 2. The number of phenolic OH excluding ortho intramolecular Hbond substituents is 1. The molecule has 0 aliphatic rings. The average Bonchev–Trinajstić information content (AvgIpc) is 2.59. The zero-order valence-corrected chi connectivity index (χ0v) is 13.6. The molecule has 3 rings (SSSR count). The Hall–Kier alpha value is -2.44. The molecule has 0 aliphatic heterocycles. The van der Waals surface area contributed by atoms with Gasteiger partial charge in [-0.15, -0.1) is 5.10 Å². The predicted octanol–water partition coefficient (Wildman–Crippen LogP) is 4.27. The fourth-order valence-electron chi connectivity index (χ4n) is 1.90. The largest absolute Gasteiger partial charge is 0.505 e. The Balaban J connectivity index is 1.72. The van der Waals surface area contributed by atoms with Crippen LogP contribution in [-0.2, 0) is 6.61 Å². The number of aromatic hydroxyl groups is 1. The molecule has 1 N–H and O–H groups in total. The van der Waals surface area contributed by atoms with Crippen LogP contribution in [0.1, 0.15) is 5.56 Å². The van der Waals surface area contributed by atoms with Crippen LogP contribution < -0.4 is 4.74 Å². The van der Waals surface area contributed by atoms with Gasteiger partial charge in [0.1, 0.15) is 18.1 Å². The van der Waals surface area contributed by atoms with Gasteiger partial charge >= 0.3 is 6.01 Å². The molecule has 0 saturated carbocycles. The zero-order valence-electron chi connectivity index (χ0n) is 12.1. The second kappa shape index (κ2) is 6.98. The second-order valence-electron chi connectivity index (χ2n) is 4.83. The summed E-state index contributed by atoms with van der Waals surface area (Å²) in [5.74, 6) is -0.505. The summed E-state index contributed by atoms with van der Waals surface area (Å²) in [6, 6.07) is 9.01. The van der Waals surface area contributed by atoms with E-state index in [0.29, 0.717) is 11.3 Å². The summed E-state index contributed by atoms with van der Waals surface area (Å²) >= 11 is 11.7. The van der Waals surface area contributed by atoms with Gasteiger partial charge in [-0.25, -0.2) is 9.37 Å². The Bertz CT molecular complexity index is 835. The molecule has 122 valence electrons. The highest BCUT2D eigenvalue weighted by atomic mass is 35.5. The van der Waals surface area contributed by atoms with Crippen LogP contribution in [0, 0.1) is 5.82 Å². The first-order valence-electron chi connectivity index (χ1n) is 6.78. The van der Waals surface area contributed by atoms with E-state index in [1.165, 1.54) is 30.5 Å². The Kier molecular flexibility index (Phi) is 4.78. The molecule has 8 heteroatoms. The highest BCUT2D eigenvalue weighted by Crippen LogP contribution is 2.35. The van der Waals surface area contributed by atoms with Crippen LogP contribution in [0.5, 0.6) is 11.8 Å². The molecule has 2 aromatic carbocycles. The number of halogens is 3. The summed E-state index contributed by atoms with van der Waals surface area (Å²) in [4.78, 5) is 4.05. The van der Waals surface area contributed by atoms with Crippen LogP contribution in [0.3, 0.4) is 0 Å². The smallest absolute Gasteiger partial charge is 0.336 e. The van der Waals surface area contributed by atoms with E-state index in [-0.39, 0.29) is 34.2 Å². The average molecular weight is 366 g/mol. The normalized spacial score (nSPS) is 10.6. The fraction of sp³-hybridized carbons (Fsp3) is 0.0625. The zero-order chi connectivity index (χ0) is 17.1. The molecule has 0 fully saturated rings. The minimum Gasteiger partial charge on any atom is -0.505 e. The molecule has 3 aromatic rings. The van der Waals surface area contributed by atoms with Crippen molar-refractivity contribution < 1.29 is 14.2 Å². The van der Waals surface area contributed by atoms with Crippen molar-refractivity contribution in [2.45, 2.75) is 6.61 Å². The SMILES string of the molecule is Oc1c(Cl)cc(-c2cnc(OCc3ccc(F)cc3)nn2)cc1Cl. The van der Waals surface area contributed by atoms with Crippen LogP contribution >= 0.6 is 23.2 Å². The van der Waals surface area contributed by atoms with Gasteiger partial charge in [0.2, 0.25) is 0 Å². The van der Waals surface area contributed by atoms with E-state index < -0.39 is 0 Å². The summed E-state index contributed by atoms with van der Waals surface area (Å²) in [6.45, 7) is 0.193. The van der Waals surface area contributed by atoms with Crippen LogP contribution in [-0.4, -0.2) is 20.3 Å². The van der Waals surface area contributed by atoms with Gasteiger partial charge in [0.15, 0.2) is 5.75 Å². The maximum atomic E-state index is 12.8. The molecule has 0 saturated heterocycles. The topological polar surface area (TPSA) is 68.1 Å². The molecule has 0 spiro atoms. The van der Waals surface area contributed by atoms with E-state index in [4.69, 9.17) is 27.9 Å². The molecule has 24 heavy (non-hydrogen) atoms. The molecule has 5 nitrogen and oxygen atoms in total. The second-order valence-corrected chi connectivity index (χ2v) is 5.64. The molecule has 1 heterocycles. The lowest BCUT2D eigenvalue weighted by Gasteiger charge is -2.06. The lowest BCUT2D eigenvalue weighted by molar-refractivity contribution is 0.276. The number of nitrogens with zero attached hydrogens (tertiary/aromatic N) is 3. The Morgan fingerprint density at radius 3 is 2.29 bits per heavy atom. The molecule has 0 aliphatic carbocycles. The van der Waals surface area contributed by atoms with E-state index in [2.05, 4.69) is 15.2 Å². The van der Waals surface area contributed by atoms with E-state index in [1.807, 2.05) is 0 Å². The maximum Gasteiger partial charge on any atom is 0.336 e. The van der Waals surface area contributed by atoms with Gasteiger partial charge < -0.3 is 9.84 Å². The third kappa shape index (κ3) is 3.72. The quantitative estimate of drug-likeness (QED) is 0.747. The summed E-state index contributed by atoms with van der Waals surface area (Å²) in [5, 5.41) is 17.6. The monoisotopic (exact) mass is 365 g/mol. The van der Waals surface area contributed by atoms with Crippen molar-refractivity contribution in [2.75, 3.05) is 0 Å². The first-order valence-corrected chi connectivity index (χ1v) is 7.54. The molecule has 0 amide bonds. The summed E-state index contributed by atoms with van der Waals surface area (Å²) < 4.78 is 18.2. The maximum absolute atomic E-state index is 12.8. The molecule has 0 bridgehead atoms. The van der Waals surface area contributed by atoms with Crippen LogP contribution in [0.25, 0.3) is 11.3 Å². The van der Waals surface area contributed by atoms with Gasteiger partial charge in [-0.05, 0) is 29.8 Å². The molecule has 0 radical (unpaired) electrons. The lowest BCUT2D eigenvalue weighted by atomic mass is 10.1. The number of ether oxygens (including phenoxy) is 1. The highest BCUT2D eigenvalue weighted by Gasteiger charge is 2.10. The van der Waals surface area contributed by atoms with Gasteiger partial charge in [-0.3, -0.25) is 0 Å². The van der Waals surface area contributed by atoms with E-state index in [9.17, 15) is 9.50 Å². The summed E-state index contributed by atoms with van der Waals surface area (Å²) in [6.07, 6.45) is 1.45. The molecular formula is C16H10Cl2FN3O2. The standard InChI is InChI=1S/C16H10Cl2FN3O2/c17-12-5-10(6-13(18)15(12)23)14-7-20-16(22-21-14)24-8-9-1-3-11(19)4-2-9/h1-7,23H,8H2. The van der Waals surface area contributed by atoms with Crippen molar-refractivity contribution in [1.29, 1.82) is 0 Å². The molecule has 0 atom stereocenters. The van der Waals surface area contributed by atoms with Crippen molar-refractivity contribution in [1.82, 2.24) is 15.2 Å². The number of rotatable bonds is 4. The lowest BCUT2D eigenvalue weighted by Crippen LogP contribution is -2.01. The molecule has 0 unspecified atom stereocenters. The van der Waals surface area contributed by atoms with Gasteiger partial charge in [0.05, 0.1) is 16.2 Å². The van der Waals surface area contributed by atoms with Crippen LogP contribution in [0.15, 0.2) is 42.6 Å². The summed E-state index contributed by atoms with van der Waals surface area (Å²) in [5.41, 5.74) is 1.77. The van der Waals surface area contributed by atoms with Gasteiger partial charge in [0, 0.05) is 5.56 Å². The minimum absolute atomic E-state index is 0.0825. The van der Waals surface area contributed by atoms with Gasteiger partial charge in [0.25, 0.3) is 0 Å². The van der Waals surface area contributed by atoms with Crippen LogP contribution in [0.4, 0.5) is 4.39 Å². The number of phenols is 1. The number of hydrogen-bond donors (Lipinski definition) is 1. The number of aromatic nitrogens is 3. The van der Waals surface area contributed by atoms with Crippen molar-refractivity contribution in [3.05, 3.63) is 64.0 Å². The van der Waals surface area contributed by atoms with E-state index >= 15 is 0 Å². The fourth-order valence-corrected chi connectivity index (χ4v) is 2.39. The van der Waals surface area contributed by atoms with Crippen molar-refractivity contribution in [3.8, 4) is 23.0 Å². The van der Waals surface area contributed by atoms with Crippen molar-refractivity contribution in [3.63, 3.8) is 0 Å². The highest BCUT2D eigenvalue weighted by molar-refractivity contribution is 6.37. The molecule has 1 aromatic heterocycles. The van der Waals surface area contributed by atoms with Crippen molar-refractivity contribution >= 4 is 23.2 Å². The van der Waals surface area contributed by atoms with Crippen molar-refractivity contribution in [2.24, 2.45) is 0 Å². The third-order valence-corrected chi connectivity index (χ3v) is 3.71. The van der Waals surface area contributed by atoms with E-state index in [0.717, 1.165) is 5.56 Å². The van der Waals surface area contributed by atoms with Crippen LogP contribution in [0.2, 0.25) is 10.0 Å². The van der Waals surface area contributed by atoms with Gasteiger partial charge in [-0.1, -0.05) is 40.4 Å². The Labute approximate surface area is 146 Å². The Morgan fingerprint density at radius 1 is 1.04 bits per heavy atom. The predicted molar refractivity (Wildman–Crippen MR) is 87.7 cm³/mol. The van der Waals surface area contributed by atoms with E-state index in [1.54, 1.807) is 12.1 Å². The minimum atomic E-state index is -0.313. The first-order chi connectivity index (χ1) is 11.5.